The number of aromatic nitrogens is 4. The maximum atomic E-state index is 11.7. The van der Waals surface area contributed by atoms with Crippen molar-refractivity contribution >= 4 is 5.82 Å². The first-order chi connectivity index (χ1) is 8.70. The lowest BCUT2D eigenvalue weighted by atomic mass is 10.2. The molecule has 18 heavy (non-hydrogen) atoms. The highest BCUT2D eigenvalue weighted by molar-refractivity contribution is 5.37. The number of anilines is 1. The summed E-state index contributed by atoms with van der Waals surface area (Å²) in [5, 5.41) is 7.24. The zero-order valence-corrected chi connectivity index (χ0v) is 10.6. The molecule has 0 radical (unpaired) electrons. The van der Waals surface area contributed by atoms with Gasteiger partial charge in [0.1, 0.15) is 12.1 Å². The lowest BCUT2D eigenvalue weighted by Gasteiger charge is -2.05. The maximum absolute atomic E-state index is 11.7. The molecule has 0 aromatic carbocycles. The van der Waals surface area contributed by atoms with Crippen LogP contribution in [0, 0.1) is 0 Å². The molecule has 0 fully saturated rings. The van der Waals surface area contributed by atoms with Crippen LogP contribution in [-0.4, -0.2) is 25.9 Å². The lowest BCUT2D eigenvalue weighted by molar-refractivity contribution is 0.646. The summed E-state index contributed by atoms with van der Waals surface area (Å²) in [6, 6.07) is 3.83. The van der Waals surface area contributed by atoms with Gasteiger partial charge in [0.2, 0.25) is 0 Å². The molecule has 0 amide bonds. The fraction of sp³-hybridized carbons (Fsp3) is 0.417. The van der Waals surface area contributed by atoms with E-state index in [0.29, 0.717) is 6.54 Å². The Labute approximate surface area is 105 Å². The maximum Gasteiger partial charge on any atom is 0.345 e. The molecule has 0 saturated carbocycles. The van der Waals surface area contributed by atoms with Crippen molar-refractivity contribution in [3.8, 4) is 0 Å². The van der Waals surface area contributed by atoms with E-state index in [2.05, 4.69) is 22.3 Å². The molecule has 0 unspecified atom stereocenters. The predicted molar refractivity (Wildman–Crippen MR) is 69.6 cm³/mol. The first-order valence-corrected chi connectivity index (χ1v) is 5.98. The zero-order valence-electron chi connectivity index (χ0n) is 10.6. The molecule has 0 aliphatic rings. The predicted octanol–water partition coefficient (Wildman–Crippen LogP) is 0.847. The van der Waals surface area contributed by atoms with Crippen LogP contribution in [0.5, 0.6) is 0 Å². The average Bonchev–Trinajstić information content (AvgIpc) is 2.69. The lowest BCUT2D eigenvalue weighted by Crippen LogP contribution is -2.23. The molecule has 2 aromatic heterocycles. The Morgan fingerprint density at radius 1 is 1.44 bits per heavy atom. The van der Waals surface area contributed by atoms with E-state index >= 15 is 0 Å². The minimum Gasteiger partial charge on any atom is -0.370 e. The Kier molecular flexibility index (Phi) is 3.76. The van der Waals surface area contributed by atoms with Gasteiger partial charge in [0.15, 0.2) is 0 Å². The number of pyridine rings is 1. The second-order valence-corrected chi connectivity index (χ2v) is 4.16. The van der Waals surface area contributed by atoms with Gasteiger partial charge in [-0.3, -0.25) is 4.57 Å². The Balaban J connectivity index is 2.14. The summed E-state index contributed by atoms with van der Waals surface area (Å²) in [5.41, 5.74) is 0.888. The fourth-order valence-electron chi connectivity index (χ4n) is 1.62. The van der Waals surface area contributed by atoms with E-state index in [-0.39, 0.29) is 5.69 Å². The van der Waals surface area contributed by atoms with Gasteiger partial charge in [0, 0.05) is 19.8 Å². The number of nitrogens with zero attached hydrogens (tertiary/aromatic N) is 4. The van der Waals surface area contributed by atoms with Crippen LogP contribution in [-0.2, 0) is 13.6 Å². The summed E-state index contributed by atoms with van der Waals surface area (Å²) in [6.07, 6.45) is 4.30. The van der Waals surface area contributed by atoms with Crippen LogP contribution in [0.2, 0.25) is 0 Å². The van der Waals surface area contributed by atoms with Crippen LogP contribution < -0.4 is 11.0 Å². The summed E-state index contributed by atoms with van der Waals surface area (Å²) < 4.78 is 2.89. The van der Waals surface area contributed by atoms with Crippen LogP contribution in [0.3, 0.4) is 0 Å². The van der Waals surface area contributed by atoms with Gasteiger partial charge in [-0.2, -0.15) is 5.10 Å². The van der Waals surface area contributed by atoms with E-state index in [1.807, 2.05) is 12.1 Å². The highest BCUT2D eigenvalue weighted by Crippen LogP contribution is 2.07. The van der Waals surface area contributed by atoms with Crippen molar-refractivity contribution in [1.29, 1.82) is 0 Å². The van der Waals surface area contributed by atoms with Gasteiger partial charge in [-0.05, 0) is 24.1 Å². The van der Waals surface area contributed by atoms with Gasteiger partial charge in [0.25, 0.3) is 0 Å². The van der Waals surface area contributed by atoms with Crippen molar-refractivity contribution in [2.45, 2.75) is 19.9 Å². The van der Waals surface area contributed by atoms with Crippen molar-refractivity contribution in [1.82, 2.24) is 19.3 Å². The van der Waals surface area contributed by atoms with Gasteiger partial charge >= 0.3 is 5.69 Å². The van der Waals surface area contributed by atoms with Crippen molar-refractivity contribution in [3.05, 3.63) is 40.7 Å². The summed E-state index contributed by atoms with van der Waals surface area (Å²) in [5.74, 6) is 0.832. The van der Waals surface area contributed by atoms with Gasteiger partial charge in [-0.25, -0.2) is 14.5 Å². The molecule has 2 rings (SSSR count). The molecule has 0 spiro atoms. The van der Waals surface area contributed by atoms with Crippen molar-refractivity contribution < 1.29 is 0 Å². The number of nitrogens with one attached hydrogen (secondary N) is 1. The summed E-state index contributed by atoms with van der Waals surface area (Å²) >= 11 is 0. The van der Waals surface area contributed by atoms with Crippen molar-refractivity contribution in [2.75, 3.05) is 11.9 Å². The minimum absolute atomic E-state index is 0.116. The fourth-order valence-corrected chi connectivity index (χ4v) is 1.62. The van der Waals surface area contributed by atoms with Crippen LogP contribution in [0.1, 0.15) is 18.9 Å². The first kappa shape index (κ1) is 12.3. The number of rotatable bonds is 5. The van der Waals surface area contributed by atoms with E-state index in [1.165, 1.54) is 15.6 Å². The smallest absolute Gasteiger partial charge is 0.345 e. The summed E-state index contributed by atoms with van der Waals surface area (Å²) in [7, 11) is 1.69. The van der Waals surface area contributed by atoms with Crippen molar-refractivity contribution in [3.63, 3.8) is 0 Å². The monoisotopic (exact) mass is 247 g/mol. The third-order valence-electron chi connectivity index (χ3n) is 2.60. The normalized spacial score (nSPS) is 10.6. The molecule has 0 aliphatic carbocycles. The summed E-state index contributed by atoms with van der Waals surface area (Å²) in [4.78, 5) is 15.9. The molecule has 2 aromatic rings. The quantitative estimate of drug-likeness (QED) is 0.850. The van der Waals surface area contributed by atoms with Crippen LogP contribution >= 0.6 is 0 Å². The van der Waals surface area contributed by atoms with E-state index in [1.54, 1.807) is 13.2 Å². The molecule has 6 nitrogen and oxygen atoms in total. The van der Waals surface area contributed by atoms with E-state index in [9.17, 15) is 4.79 Å². The number of hydrogen-bond donors (Lipinski definition) is 1. The molecule has 0 bridgehead atoms. The second-order valence-electron chi connectivity index (χ2n) is 4.16. The minimum atomic E-state index is -0.116. The molecule has 0 aliphatic heterocycles. The van der Waals surface area contributed by atoms with Gasteiger partial charge in [0.05, 0.1) is 6.54 Å². The third-order valence-corrected chi connectivity index (χ3v) is 2.60. The topological polar surface area (TPSA) is 64.7 Å². The van der Waals surface area contributed by atoms with Gasteiger partial charge in [-0.1, -0.05) is 6.92 Å². The second kappa shape index (κ2) is 5.48. The van der Waals surface area contributed by atoms with Crippen molar-refractivity contribution in [2.24, 2.45) is 7.05 Å². The molecule has 96 valence electrons. The molecule has 0 atom stereocenters. The highest BCUT2D eigenvalue weighted by Gasteiger charge is 2.03. The van der Waals surface area contributed by atoms with Crippen LogP contribution in [0.15, 0.2) is 29.5 Å². The number of aryl methyl sites for hydroxylation is 1. The molecular weight excluding hydrogens is 230 g/mol. The average molecular weight is 247 g/mol. The Hall–Kier alpha value is -2.11. The van der Waals surface area contributed by atoms with E-state index in [0.717, 1.165) is 24.3 Å². The Morgan fingerprint density at radius 2 is 2.28 bits per heavy atom. The first-order valence-electron chi connectivity index (χ1n) is 5.98. The highest BCUT2D eigenvalue weighted by atomic mass is 16.2. The van der Waals surface area contributed by atoms with Gasteiger partial charge < -0.3 is 5.32 Å². The molecular formula is C12H17N5O. The Bertz CT molecular complexity index is 572. The standard InChI is InChI=1S/C12H17N5O/c1-3-5-13-11-7-10(4-6-14-11)8-17-12(18)16(2)9-15-17/h4,6-7,9H,3,5,8H2,1-2H3,(H,13,14). The van der Waals surface area contributed by atoms with Crippen LogP contribution in [0.4, 0.5) is 5.82 Å². The third kappa shape index (κ3) is 2.77. The number of hydrogen-bond acceptors (Lipinski definition) is 4. The molecule has 1 N–H and O–H groups in total. The molecule has 0 saturated heterocycles. The van der Waals surface area contributed by atoms with Crippen LogP contribution in [0.25, 0.3) is 0 Å². The zero-order chi connectivity index (χ0) is 13.0. The molecule has 6 heteroatoms. The Morgan fingerprint density at radius 3 is 2.94 bits per heavy atom. The SMILES string of the molecule is CCCNc1cc(Cn2ncn(C)c2=O)ccn1. The largest absolute Gasteiger partial charge is 0.370 e. The van der Waals surface area contributed by atoms with Gasteiger partial charge in [-0.15, -0.1) is 0 Å². The molecule has 2 heterocycles. The summed E-state index contributed by atoms with van der Waals surface area (Å²) in [6.45, 7) is 3.45. The van der Waals surface area contributed by atoms with E-state index in [4.69, 9.17) is 0 Å². The van der Waals surface area contributed by atoms with E-state index < -0.39 is 0 Å².